The molecule has 2 rings (SSSR count). The fourth-order valence-electron chi connectivity index (χ4n) is 3.69. The number of alkyl carbamates (subject to hydrolysis) is 2. The number of esters is 1. The van der Waals surface area contributed by atoms with E-state index in [4.69, 9.17) is 14.2 Å². The van der Waals surface area contributed by atoms with E-state index in [2.05, 4.69) is 16.0 Å². The first-order chi connectivity index (χ1) is 19.6. The fourth-order valence-corrected chi connectivity index (χ4v) is 3.69. The van der Waals surface area contributed by atoms with Gasteiger partial charge in [0.1, 0.15) is 18.2 Å². The molecule has 0 aliphatic carbocycles. The van der Waals surface area contributed by atoms with Crippen molar-refractivity contribution < 1.29 is 33.4 Å². The zero-order valence-electron chi connectivity index (χ0n) is 24.2. The minimum absolute atomic E-state index is 0.139. The third kappa shape index (κ3) is 14.6. The molecule has 0 fully saturated rings. The van der Waals surface area contributed by atoms with Crippen molar-refractivity contribution in [3.05, 3.63) is 83.9 Å². The summed E-state index contributed by atoms with van der Waals surface area (Å²) in [6, 6.07) is 17.3. The number of ether oxygens (including phenoxy) is 3. The van der Waals surface area contributed by atoms with Crippen LogP contribution in [0.15, 0.2) is 72.8 Å². The van der Waals surface area contributed by atoms with Crippen LogP contribution >= 0.6 is 0 Å². The molecule has 41 heavy (non-hydrogen) atoms. The van der Waals surface area contributed by atoms with Crippen LogP contribution in [-0.4, -0.2) is 54.9 Å². The Morgan fingerprint density at radius 2 is 1.49 bits per heavy atom. The molecule has 0 radical (unpaired) electrons. The van der Waals surface area contributed by atoms with Gasteiger partial charge >= 0.3 is 18.2 Å². The Labute approximate surface area is 241 Å². The average Bonchev–Trinajstić information content (AvgIpc) is 2.92. The van der Waals surface area contributed by atoms with E-state index in [0.29, 0.717) is 12.8 Å². The van der Waals surface area contributed by atoms with Gasteiger partial charge in [-0.05, 0) is 58.1 Å². The zero-order chi connectivity index (χ0) is 30.1. The molecule has 2 aromatic carbocycles. The number of rotatable bonds is 14. The lowest BCUT2D eigenvalue weighted by Gasteiger charge is -2.25. The standard InChI is InChI=1S/C31H41N3O7/c1-5-39-27(35)19-18-25(21-23-13-8-6-9-14-23)33-28(36)26(34-30(38)41-31(2,3)4)17-12-20-32-29(37)40-22-24-15-10-7-11-16-24/h6-11,13-16,18-19,25-26H,5,12,17,20-22H2,1-4H3,(H,32,37)(H,33,36)(H,34,38)/b19-18+. The second-order valence-electron chi connectivity index (χ2n) is 10.2. The highest BCUT2D eigenvalue weighted by atomic mass is 16.6. The van der Waals surface area contributed by atoms with Gasteiger partial charge in [0.15, 0.2) is 0 Å². The maximum atomic E-state index is 13.4. The number of hydrogen-bond donors (Lipinski definition) is 3. The van der Waals surface area contributed by atoms with Crippen LogP contribution in [0, 0.1) is 0 Å². The van der Waals surface area contributed by atoms with E-state index in [-0.39, 0.29) is 26.2 Å². The first kappa shape index (κ1) is 32.9. The highest BCUT2D eigenvalue weighted by molar-refractivity contribution is 5.86. The van der Waals surface area contributed by atoms with E-state index >= 15 is 0 Å². The van der Waals surface area contributed by atoms with E-state index in [1.165, 1.54) is 6.08 Å². The van der Waals surface area contributed by atoms with Gasteiger partial charge in [0.2, 0.25) is 5.91 Å². The van der Waals surface area contributed by atoms with Crippen molar-refractivity contribution in [2.75, 3.05) is 13.2 Å². The molecule has 0 aliphatic heterocycles. The molecule has 0 spiro atoms. The summed E-state index contributed by atoms with van der Waals surface area (Å²) in [5.74, 6) is -0.981. The molecular weight excluding hydrogens is 526 g/mol. The summed E-state index contributed by atoms with van der Waals surface area (Å²) < 4.78 is 15.5. The molecule has 0 aromatic heterocycles. The monoisotopic (exact) mass is 567 g/mol. The van der Waals surface area contributed by atoms with Gasteiger partial charge < -0.3 is 30.2 Å². The molecular formula is C31H41N3O7. The maximum absolute atomic E-state index is 13.4. The normalized spacial score (nSPS) is 12.6. The largest absolute Gasteiger partial charge is 0.463 e. The minimum atomic E-state index is -0.957. The molecule has 0 bridgehead atoms. The number of carbonyl (C=O) groups excluding carboxylic acids is 4. The van der Waals surface area contributed by atoms with Crippen molar-refractivity contribution >= 4 is 24.1 Å². The minimum Gasteiger partial charge on any atom is -0.463 e. The summed E-state index contributed by atoms with van der Waals surface area (Å²) in [5, 5.41) is 8.19. The summed E-state index contributed by atoms with van der Waals surface area (Å²) in [5.41, 5.74) is 1.05. The molecule has 10 heteroatoms. The molecule has 2 unspecified atom stereocenters. The molecule has 2 aromatic rings. The lowest BCUT2D eigenvalue weighted by molar-refractivity contribution is -0.137. The van der Waals surface area contributed by atoms with Gasteiger partial charge in [-0.25, -0.2) is 14.4 Å². The third-order valence-electron chi connectivity index (χ3n) is 5.54. The van der Waals surface area contributed by atoms with Crippen LogP contribution in [0.2, 0.25) is 0 Å². The predicted octanol–water partition coefficient (Wildman–Crippen LogP) is 4.43. The van der Waals surface area contributed by atoms with Gasteiger partial charge in [-0.1, -0.05) is 66.7 Å². The van der Waals surface area contributed by atoms with Crippen LogP contribution in [0.3, 0.4) is 0 Å². The van der Waals surface area contributed by atoms with Crippen molar-refractivity contribution in [2.24, 2.45) is 0 Å². The van der Waals surface area contributed by atoms with Gasteiger partial charge in [-0.3, -0.25) is 4.79 Å². The Morgan fingerprint density at radius 1 is 0.854 bits per heavy atom. The summed E-state index contributed by atoms with van der Waals surface area (Å²) in [4.78, 5) is 49.9. The summed E-state index contributed by atoms with van der Waals surface area (Å²) in [6.45, 7) is 7.48. The Bertz CT molecular complexity index is 1130. The summed E-state index contributed by atoms with van der Waals surface area (Å²) in [6.07, 6.45) is 2.52. The SMILES string of the molecule is CCOC(=O)/C=C/C(Cc1ccccc1)NC(=O)C(CCCNC(=O)OCc1ccccc1)NC(=O)OC(C)(C)C. The summed E-state index contributed by atoms with van der Waals surface area (Å²) >= 11 is 0. The lowest BCUT2D eigenvalue weighted by Crippen LogP contribution is -2.51. The molecule has 0 saturated carbocycles. The molecule has 10 nitrogen and oxygen atoms in total. The first-order valence-corrected chi connectivity index (χ1v) is 13.7. The van der Waals surface area contributed by atoms with Gasteiger partial charge in [0.05, 0.1) is 12.6 Å². The van der Waals surface area contributed by atoms with Gasteiger partial charge in [0.25, 0.3) is 0 Å². The molecule has 2 atom stereocenters. The molecule has 0 heterocycles. The van der Waals surface area contributed by atoms with E-state index in [1.54, 1.807) is 33.8 Å². The predicted molar refractivity (Wildman–Crippen MR) is 155 cm³/mol. The quantitative estimate of drug-likeness (QED) is 0.133. The average molecular weight is 568 g/mol. The lowest BCUT2D eigenvalue weighted by atomic mass is 10.0. The molecule has 0 aliphatic rings. The molecule has 3 N–H and O–H groups in total. The third-order valence-corrected chi connectivity index (χ3v) is 5.54. The van der Waals surface area contributed by atoms with Crippen LogP contribution in [0.25, 0.3) is 0 Å². The number of nitrogens with one attached hydrogen (secondary N) is 3. The van der Waals surface area contributed by atoms with Gasteiger partial charge in [-0.2, -0.15) is 0 Å². The van der Waals surface area contributed by atoms with Crippen LogP contribution in [-0.2, 0) is 36.8 Å². The smallest absolute Gasteiger partial charge is 0.408 e. The first-order valence-electron chi connectivity index (χ1n) is 13.7. The van der Waals surface area contributed by atoms with Crippen LogP contribution < -0.4 is 16.0 Å². The topological polar surface area (TPSA) is 132 Å². The van der Waals surface area contributed by atoms with E-state index < -0.39 is 41.7 Å². The van der Waals surface area contributed by atoms with Crippen molar-refractivity contribution in [3.8, 4) is 0 Å². The van der Waals surface area contributed by atoms with Crippen LogP contribution in [0.1, 0.15) is 51.7 Å². The van der Waals surface area contributed by atoms with Crippen molar-refractivity contribution in [1.29, 1.82) is 0 Å². The zero-order valence-corrected chi connectivity index (χ0v) is 24.2. The van der Waals surface area contributed by atoms with Crippen molar-refractivity contribution in [1.82, 2.24) is 16.0 Å². The fraction of sp³-hybridized carbons (Fsp3) is 0.419. The number of amides is 3. The maximum Gasteiger partial charge on any atom is 0.408 e. The Balaban J connectivity index is 2.02. The summed E-state index contributed by atoms with van der Waals surface area (Å²) in [7, 11) is 0. The highest BCUT2D eigenvalue weighted by Gasteiger charge is 2.25. The van der Waals surface area contributed by atoms with E-state index in [1.807, 2.05) is 60.7 Å². The highest BCUT2D eigenvalue weighted by Crippen LogP contribution is 2.10. The number of hydrogen-bond acceptors (Lipinski definition) is 7. The Kier molecular flexibility index (Phi) is 13.9. The molecule has 3 amide bonds. The van der Waals surface area contributed by atoms with Crippen molar-refractivity contribution in [3.63, 3.8) is 0 Å². The van der Waals surface area contributed by atoms with Crippen LogP contribution in [0.5, 0.6) is 0 Å². The second kappa shape index (κ2) is 17.4. The van der Waals surface area contributed by atoms with Crippen molar-refractivity contribution in [2.45, 2.75) is 71.2 Å². The Morgan fingerprint density at radius 3 is 2.10 bits per heavy atom. The van der Waals surface area contributed by atoms with Crippen LogP contribution in [0.4, 0.5) is 9.59 Å². The van der Waals surface area contributed by atoms with E-state index in [0.717, 1.165) is 11.1 Å². The molecule has 0 saturated heterocycles. The van der Waals surface area contributed by atoms with Gasteiger partial charge in [0, 0.05) is 12.6 Å². The number of carbonyl (C=O) groups is 4. The Hall–Kier alpha value is -4.34. The number of benzene rings is 2. The second-order valence-corrected chi connectivity index (χ2v) is 10.2. The van der Waals surface area contributed by atoms with E-state index in [9.17, 15) is 19.2 Å². The molecule has 222 valence electrons. The van der Waals surface area contributed by atoms with Gasteiger partial charge in [-0.15, -0.1) is 0 Å².